The molecule has 0 bridgehead atoms. The summed E-state index contributed by atoms with van der Waals surface area (Å²) in [6, 6.07) is 9.15. The Morgan fingerprint density at radius 1 is 1.14 bits per heavy atom. The van der Waals surface area contributed by atoms with Crippen LogP contribution in [-0.2, 0) is 6.18 Å². The van der Waals surface area contributed by atoms with E-state index in [1.165, 1.54) is 18.2 Å². The molecule has 0 saturated heterocycles. The van der Waals surface area contributed by atoms with Crippen LogP contribution in [0.1, 0.15) is 15.9 Å². The third-order valence-electron chi connectivity index (χ3n) is 2.63. The summed E-state index contributed by atoms with van der Waals surface area (Å²) >= 11 is 8.87. The van der Waals surface area contributed by atoms with E-state index in [-0.39, 0.29) is 11.3 Å². The van der Waals surface area contributed by atoms with Gasteiger partial charge in [0.15, 0.2) is 0 Å². The molecule has 110 valence electrons. The van der Waals surface area contributed by atoms with Gasteiger partial charge in [0.1, 0.15) is 0 Å². The van der Waals surface area contributed by atoms with E-state index >= 15 is 0 Å². The van der Waals surface area contributed by atoms with Crippen LogP contribution in [0.4, 0.5) is 18.9 Å². The van der Waals surface area contributed by atoms with Crippen LogP contribution < -0.4 is 5.32 Å². The molecule has 0 aliphatic carbocycles. The number of carbonyl (C=O) groups excluding carboxylic acids is 1. The molecule has 0 fully saturated rings. The van der Waals surface area contributed by atoms with E-state index in [0.29, 0.717) is 9.50 Å². The van der Waals surface area contributed by atoms with Gasteiger partial charge in [-0.3, -0.25) is 4.79 Å². The number of hydrogen-bond donors (Lipinski definition) is 1. The average Bonchev–Trinajstić information content (AvgIpc) is 2.40. The highest BCUT2D eigenvalue weighted by Gasteiger charge is 2.31. The topological polar surface area (TPSA) is 29.1 Å². The molecule has 0 saturated carbocycles. The van der Waals surface area contributed by atoms with Crippen LogP contribution in [0.3, 0.4) is 0 Å². The maximum absolute atomic E-state index is 12.7. The minimum Gasteiger partial charge on any atom is -0.321 e. The number of alkyl halides is 3. The first-order valence-corrected chi connectivity index (χ1v) is 6.88. The molecule has 0 heterocycles. The number of amides is 1. The van der Waals surface area contributed by atoms with Crippen LogP contribution in [-0.4, -0.2) is 5.91 Å². The second-order valence-electron chi connectivity index (χ2n) is 4.16. The van der Waals surface area contributed by atoms with Crippen LogP contribution in [0.2, 0.25) is 5.02 Å². The zero-order valence-corrected chi connectivity index (χ0v) is 12.7. The van der Waals surface area contributed by atoms with Gasteiger partial charge >= 0.3 is 6.18 Å². The largest absolute Gasteiger partial charge is 0.416 e. The SMILES string of the molecule is O=C(Nc1cc(C(F)(F)F)ccc1Br)c1cccc(Cl)c1. The Balaban J connectivity index is 2.29. The van der Waals surface area contributed by atoms with Gasteiger partial charge in [0.25, 0.3) is 5.91 Å². The number of hydrogen-bond acceptors (Lipinski definition) is 1. The molecule has 0 aromatic heterocycles. The molecular weight excluding hydrogens is 371 g/mol. The van der Waals surface area contributed by atoms with Crippen molar-refractivity contribution in [2.45, 2.75) is 6.18 Å². The molecule has 2 nitrogen and oxygen atoms in total. The highest BCUT2D eigenvalue weighted by Crippen LogP contribution is 2.34. The zero-order valence-electron chi connectivity index (χ0n) is 10.3. The van der Waals surface area contributed by atoms with Gasteiger partial charge in [-0.1, -0.05) is 17.7 Å². The number of benzene rings is 2. The summed E-state index contributed by atoms with van der Waals surface area (Å²) in [4.78, 5) is 12.0. The lowest BCUT2D eigenvalue weighted by atomic mass is 10.1. The lowest BCUT2D eigenvalue weighted by Gasteiger charge is -2.12. The van der Waals surface area contributed by atoms with Gasteiger partial charge in [0.2, 0.25) is 0 Å². The normalized spacial score (nSPS) is 11.3. The van der Waals surface area contributed by atoms with E-state index in [0.717, 1.165) is 12.1 Å². The van der Waals surface area contributed by atoms with Crippen molar-refractivity contribution in [3.8, 4) is 0 Å². The van der Waals surface area contributed by atoms with Crippen molar-refractivity contribution >= 4 is 39.1 Å². The van der Waals surface area contributed by atoms with Crippen molar-refractivity contribution in [3.63, 3.8) is 0 Å². The number of rotatable bonds is 2. The van der Waals surface area contributed by atoms with Crippen molar-refractivity contribution in [1.82, 2.24) is 0 Å². The van der Waals surface area contributed by atoms with Crippen molar-refractivity contribution in [1.29, 1.82) is 0 Å². The molecule has 2 aromatic carbocycles. The first-order valence-electron chi connectivity index (χ1n) is 5.71. The number of nitrogens with one attached hydrogen (secondary N) is 1. The minimum atomic E-state index is -4.48. The van der Waals surface area contributed by atoms with Gasteiger partial charge in [0, 0.05) is 15.1 Å². The Kier molecular flexibility index (Phi) is 4.58. The molecule has 0 unspecified atom stereocenters. The monoisotopic (exact) mass is 377 g/mol. The zero-order chi connectivity index (χ0) is 15.6. The molecule has 2 rings (SSSR count). The summed E-state index contributed by atoms with van der Waals surface area (Å²) in [5.74, 6) is -0.544. The Morgan fingerprint density at radius 3 is 2.48 bits per heavy atom. The predicted molar refractivity (Wildman–Crippen MR) is 78.5 cm³/mol. The van der Waals surface area contributed by atoms with Gasteiger partial charge in [-0.2, -0.15) is 13.2 Å². The highest BCUT2D eigenvalue weighted by molar-refractivity contribution is 9.10. The second-order valence-corrected chi connectivity index (χ2v) is 5.45. The maximum Gasteiger partial charge on any atom is 0.416 e. The summed E-state index contributed by atoms with van der Waals surface area (Å²) in [6.07, 6.45) is -4.48. The molecular formula is C14H8BrClF3NO. The molecule has 0 aliphatic rings. The Morgan fingerprint density at radius 2 is 1.86 bits per heavy atom. The van der Waals surface area contributed by atoms with Gasteiger partial charge < -0.3 is 5.32 Å². The van der Waals surface area contributed by atoms with Gasteiger partial charge in [0.05, 0.1) is 11.3 Å². The maximum atomic E-state index is 12.7. The first-order chi connectivity index (χ1) is 9.77. The molecule has 1 N–H and O–H groups in total. The standard InChI is InChI=1S/C14H8BrClF3NO/c15-11-5-4-9(14(17,18)19)7-12(11)20-13(21)8-2-1-3-10(16)6-8/h1-7H,(H,20,21). The molecule has 21 heavy (non-hydrogen) atoms. The Labute approximate surface area is 132 Å². The molecule has 2 aromatic rings. The summed E-state index contributed by atoms with van der Waals surface area (Å²) in [5, 5.41) is 2.79. The smallest absolute Gasteiger partial charge is 0.321 e. The van der Waals surface area contributed by atoms with E-state index in [9.17, 15) is 18.0 Å². The van der Waals surface area contributed by atoms with Crippen molar-refractivity contribution < 1.29 is 18.0 Å². The van der Waals surface area contributed by atoms with E-state index < -0.39 is 17.6 Å². The van der Waals surface area contributed by atoms with Crippen LogP contribution in [0.15, 0.2) is 46.9 Å². The molecule has 0 atom stereocenters. The fourth-order valence-corrected chi connectivity index (χ4v) is 2.16. The first kappa shape index (κ1) is 15.9. The van der Waals surface area contributed by atoms with Crippen LogP contribution in [0.5, 0.6) is 0 Å². The second kappa shape index (κ2) is 6.07. The van der Waals surface area contributed by atoms with Crippen LogP contribution >= 0.6 is 27.5 Å². The third kappa shape index (κ3) is 3.98. The van der Waals surface area contributed by atoms with E-state index in [1.807, 2.05) is 0 Å². The van der Waals surface area contributed by atoms with Gasteiger partial charge in [-0.25, -0.2) is 0 Å². The van der Waals surface area contributed by atoms with E-state index in [4.69, 9.17) is 11.6 Å². The average molecular weight is 379 g/mol. The summed E-state index contributed by atoms with van der Waals surface area (Å²) in [5.41, 5.74) is -0.547. The fourth-order valence-electron chi connectivity index (χ4n) is 1.62. The van der Waals surface area contributed by atoms with Crippen molar-refractivity contribution in [2.24, 2.45) is 0 Å². The lowest BCUT2D eigenvalue weighted by molar-refractivity contribution is -0.137. The van der Waals surface area contributed by atoms with Crippen LogP contribution in [0.25, 0.3) is 0 Å². The molecule has 1 amide bonds. The highest BCUT2D eigenvalue weighted by atomic mass is 79.9. The summed E-state index contributed by atoms with van der Waals surface area (Å²) in [7, 11) is 0. The van der Waals surface area contributed by atoms with E-state index in [2.05, 4.69) is 21.2 Å². The summed E-state index contributed by atoms with van der Waals surface area (Å²) < 4.78 is 38.4. The molecule has 7 heteroatoms. The molecule has 0 aliphatic heterocycles. The number of anilines is 1. The number of carbonyl (C=O) groups is 1. The predicted octanol–water partition coefficient (Wildman–Crippen LogP) is 5.37. The van der Waals surface area contributed by atoms with Gasteiger partial charge in [-0.15, -0.1) is 0 Å². The Hall–Kier alpha value is -1.53. The molecule has 0 spiro atoms. The van der Waals surface area contributed by atoms with Crippen molar-refractivity contribution in [3.05, 3.63) is 63.1 Å². The summed E-state index contributed by atoms with van der Waals surface area (Å²) in [6.45, 7) is 0. The van der Waals surface area contributed by atoms with E-state index in [1.54, 1.807) is 12.1 Å². The third-order valence-corrected chi connectivity index (χ3v) is 3.56. The fraction of sp³-hybridized carbons (Fsp3) is 0.0714. The van der Waals surface area contributed by atoms with Crippen LogP contribution in [0, 0.1) is 0 Å². The van der Waals surface area contributed by atoms with Gasteiger partial charge in [-0.05, 0) is 52.3 Å². The van der Waals surface area contributed by atoms with Crippen molar-refractivity contribution in [2.75, 3.05) is 5.32 Å². The minimum absolute atomic E-state index is 0.0369. The number of halogens is 5. The lowest BCUT2D eigenvalue weighted by Crippen LogP contribution is -2.13. The Bertz CT molecular complexity index is 688. The quantitative estimate of drug-likeness (QED) is 0.747. The molecule has 0 radical (unpaired) electrons.